The molecule has 3 rings (SSSR count). The minimum absolute atomic E-state index is 0.489. The number of nitrogens with zero attached hydrogens (tertiary/aromatic N) is 2. The number of para-hydroxylation sites is 1. The molecule has 0 spiro atoms. The summed E-state index contributed by atoms with van der Waals surface area (Å²) in [5, 5.41) is 9.21. The molecular weight excluding hydrogens is 328 g/mol. The second kappa shape index (κ2) is 8.90. The first-order valence-electron chi connectivity index (χ1n) is 9.07. The number of rotatable bonds is 5. The molecule has 0 radical (unpaired) electrons. The number of piperidine rings is 1. The average Bonchev–Trinajstić information content (AvgIpc) is 3.21. The molecule has 1 aromatic heterocycles. The van der Waals surface area contributed by atoms with Crippen LogP contribution in [0.15, 0.2) is 52.8 Å². The van der Waals surface area contributed by atoms with Gasteiger partial charge in [0.2, 0.25) is 0 Å². The van der Waals surface area contributed by atoms with E-state index in [-0.39, 0.29) is 0 Å². The normalized spacial score (nSPS) is 17.4. The van der Waals surface area contributed by atoms with Crippen LogP contribution >= 0.6 is 11.3 Å². The van der Waals surface area contributed by atoms with Crippen molar-refractivity contribution in [1.82, 2.24) is 10.6 Å². The van der Waals surface area contributed by atoms with Gasteiger partial charge in [-0.05, 0) is 36.4 Å². The van der Waals surface area contributed by atoms with Crippen LogP contribution in [0.1, 0.15) is 30.6 Å². The summed E-state index contributed by atoms with van der Waals surface area (Å²) < 4.78 is 0. The van der Waals surface area contributed by atoms with Crippen molar-refractivity contribution in [1.29, 1.82) is 0 Å². The summed E-state index contributed by atoms with van der Waals surface area (Å²) in [5.41, 5.74) is 1.33. The fraction of sp³-hybridized carbons (Fsp3) is 0.450. The lowest BCUT2D eigenvalue weighted by atomic mass is 10.0. The topological polar surface area (TPSA) is 39.7 Å². The first-order valence-corrected chi connectivity index (χ1v) is 9.95. The number of benzene rings is 1. The maximum Gasteiger partial charge on any atom is 0.191 e. The van der Waals surface area contributed by atoms with E-state index in [2.05, 4.69) is 75.3 Å². The maximum absolute atomic E-state index is 4.40. The molecule has 0 saturated carbocycles. The third-order valence-electron chi connectivity index (χ3n) is 4.79. The smallest absolute Gasteiger partial charge is 0.191 e. The zero-order valence-electron chi connectivity index (χ0n) is 15.1. The Kier molecular flexibility index (Phi) is 6.34. The molecule has 25 heavy (non-hydrogen) atoms. The molecular formula is C20H28N4S. The van der Waals surface area contributed by atoms with Crippen LogP contribution in [0.4, 0.5) is 5.69 Å². The molecule has 1 atom stereocenters. The van der Waals surface area contributed by atoms with Gasteiger partial charge in [0, 0.05) is 49.2 Å². The van der Waals surface area contributed by atoms with E-state index in [9.17, 15) is 0 Å². The highest BCUT2D eigenvalue weighted by Crippen LogP contribution is 2.20. The molecule has 2 heterocycles. The number of guanidine groups is 1. The van der Waals surface area contributed by atoms with Crippen LogP contribution in [-0.4, -0.2) is 38.7 Å². The second-order valence-electron chi connectivity index (χ2n) is 6.61. The Hall–Kier alpha value is -2.01. The van der Waals surface area contributed by atoms with E-state index >= 15 is 0 Å². The van der Waals surface area contributed by atoms with E-state index in [0.29, 0.717) is 12.0 Å². The summed E-state index contributed by atoms with van der Waals surface area (Å²) in [7, 11) is 1.85. The standard InChI is InChI=1S/C20H28N4S/c1-16(19-9-6-14-25-19)15-22-20(21-2)23-17-10-12-24(13-11-17)18-7-4-3-5-8-18/h3-9,14,16-17H,10-13,15H2,1-2H3,(H2,21,22,23). The minimum Gasteiger partial charge on any atom is -0.371 e. The van der Waals surface area contributed by atoms with Gasteiger partial charge in [-0.1, -0.05) is 31.2 Å². The second-order valence-corrected chi connectivity index (χ2v) is 7.59. The van der Waals surface area contributed by atoms with Crippen molar-refractivity contribution in [2.24, 2.45) is 4.99 Å². The van der Waals surface area contributed by atoms with Crippen molar-refractivity contribution < 1.29 is 0 Å². The number of hydrogen-bond acceptors (Lipinski definition) is 3. The van der Waals surface area contributed by atoms with Crippen LogP contribution < -0.4 is 15.5 Å². The monoisotopic (exact) mass is 356 g/mol. The largest absolute Gasteiger partial charge is 0.371 e. The summed E-state index contributed by atoms with van der Waals surface area (Å²) in [6.07, 6.45) is 2.27. The van der Waals surface area contributed by atoms with E-state index in [1.54, 1.807) is 0 Å². The van der Waals surface area contributed by atoms with Crippen molar-refractivity contribution >= 4 is 23.0 Å². The molecule has 4 nitrogen and oxygen atoms in total. The van der Waals surface area contributed by atoms with Gasteiger partial charge < -0.3 is 15.5 Å². The zero-order valence-corrected chi connectivity index (χ0v) is 15.9. The summed E-state index contributed by atoms with van der Waals surface area (Å²) in [6, 6.07) is 15.5. The summed E-state index contributed by atoms with van der Waals surface area (Å²) >= 11 is 1.82. The van der Waals surface area contributed by atoms with E-state index < -0.39 is 0 Å². The highest BCUT2D eigenvalue weighted by Gasteiger charge is 2.20. The van der Waals surface area contributed by atoms with Crippen molar-refractivity contribution in [2.45, 2.75) is 31.7 Å². The Bertz CT molecular complexity index is 646. The molecule has 1 aromatic carbocycles. The van der Waals surface area contributed by atoms with E-state index in [0.717, 1.165) is 38.4 Å². The van der Waals surface area contributed by atoms with Gasteiger partial charge in [0.05, 0.1) is 0 Å². The van der Waals surface area contributed by atoms with Gasteiger partial charge >= 0.3 is 0 Å². The fourth-order valence-corrected chi connectivity index (χ4v) is 4.02. The van der Waals surface area contributed by atoms with E-state index in [4.69, 9.17) is 0 Å². The van der Waals surface area contributed by atoms with Crippen LogP contribution in [0.2, 0.25) is 0 Å². The first-order chi connectivity index (χ1) is 12.3. The predicted octanol–water partition coefficient (Wildman–Crippen LogP) is 3.69. The van der Waals surface area contributed by atoms with Gasteiger partial charge in [0.1, 0.15) is 0 Å². The number of anilines is 1. The molecule has 1 fully saturated rings. The van der Waals surface area contributed by atoms with E-state index in [1.165, 1.54) is 10.6 Å². The Morgan fingerprint density at radius 2 is 1.96 bits per heavy atom. The lowest BCUT2D eigenvalue weighted by molar-refractivity contribution is 0.461. The third-order valence-corrected chi connectivity index (χ3v) is 5.89. The molecule has 1 saturated heterocycles. The van der Waals surface area contributed by atoms with Crippen molar-refractivity contribution in [3.05, 3.63) is 52.7 Å². The van der Waals surface area contributed by atoms with Gasteiger partial charge in [-0.25, -0.2) is 0 Å². The molecule has 1 aliphatic heterocycles. The Morgan fingerprint density at radius 3 is 2.60 bits per heavy atom. The van der Waals surface area contributed by atoms with Crippen molar-refractivity contribution in [3.8, 4) is 0 Å². The lowest BCUT2D eigenvalue weighted by Crippen LogP contribution is -2.49. The molecule has 5 heteroatoms. The van der Waals surface area contributed by atoms with Gasteiger partial charge in [0.15, 0.2) is 5.96 Å². The lowest BCUT2D eigenvalue weighted by Gasteiger charge is -2.34. The summed E-state index contributed by atoms with van der Waals surface area (Å²) in [5.74, 6) is 1.42. The number of nitrogens with one attached hydrogen (secondary N) is 2. The van der Waals surface area contributed by atoms with Gasteiger partial charge in [-0.2, -0.15) is 0 Å². The SMILES string of the molecule is CN=C(NCC(C)c1cccs1)NC1CCN(c2ccccc2)CC1. The van der Waals surface area contributed by atoms with Gasteiger partial charge in [-0.15, -0.1) is 11.3 Å². The highest BCUT2D eigenvalue weighted by atomic mass is 32.1. The molecule has 0 bridgehead atoms. The van der Waals surface area contributed by atoms with E-state index in [1.807, 2.05) is 18.4 Å². The molecule has 1 unspecified atom stereocenters. The molecule has 0 amide bonds. The Labute approximate surface area is 155 Å². The zero-order chi connectivity index (χ0) is 17.5. The number of aliphatic imine (C=N–C) groups is 1. The number of hydrogen-bond donors (Lipinski definition) is 2. The average molecular weight is 357 g/mol. The first kappa shape index (κ1) is 17.8. The molecule has 0 aliphatic carbocycles. The Balaban J connectivity index is 1.44. The molecule has 2 N–H and O–H groups in total. The van der Waals surface area contributed by atoms with Crippen LogP contribution in [0.25, 0.3) is 0 Å². The summed E-state index contributed by atoms with van der Waals surface area (Å²) in [4.78, 5) is 8.28. The van der Waals surface area contributed by atoms with Crippen molar-refractivity contribution in [2.75, 3.05) is 31.6 Å². The van der Waals surface area contributed by atoms with Gasteiger partial charge in [-0.3, -0.25) is 4.99 Å². The molecule has 134 valence electrons. The van der Waals surface area contributed by atoms with Crippen LogP contribution in [-0.2, 0) is 0 Å². The van der Waals surface area contributed by atoms with Crippen LogP contribution in [0.3, 0.4) is 0 Å². The molecule has 2 aromatic rings. The highest BCUT2D eigenvalue weighted by molar-refractivity contribution is 7.10. The van der Waals surface area contributed by atoms with Crippen molar-refractivity contribution in [3.63, 3.8) is 0 Å². The quantitative estimate of drug-likeness (QED) is 0.634. The number of thiophene rings is 1. The van der Waals surface area contributed by atoms with Crippen LogP contribution in [0.5, 0.6) is 0 Å². The predicted molar refractivity (Wildman–Crippen MR) is 109 cm³/mol. The summed E-state index contributed by atoms with van der Waals surface area (Å²) in [6.45, 7) is 5.34. The minimum atomic E-state index is 0.489. The Morgan fingerprint density at radius 1 is 1.20 bits per heavy atom. The third kappa shape index (κ3) is 4.98. The molecule has 1 aliphatic rings. The van der Waals surface area contributed by atoms with Crippen LogP contribution in [0, 0.1) is 0 Å². The fourth-order valence-electron chi connectivity index (χ4n) is 3.23. The maximum atomic E-state index is 4.40. The van der Waals surface area contributed by atoms with Gasteiger partial charge in [0.25, 0.3) is 0 Å².